The molecule has 2 aliphatic rings. The number of aromatic nitrogens is 3. The van der Waals surface area contributed by atoms with E-state index in [4.69, 9.17) is 14.7 Å². The lowest BCUT2D eigenvalue weighted by Gasteiger charge is -2.23. The van der Waals surface area contributed by atoms with Crippen molar-refractivity contribution in [3.05, 3.63) is 35.0 Å². The first-order valence-corrected chi connectivity index (χ1v) is 12.0. The minimum Gasteiger partial charge on any atom is -0.370 e. The average molecular weight is 425 g/mol. The van der Waals surface area contributed by atoms with Crippen LogP contribution in [0, 0.1) is 5.92 Å². The van der Waals surface area contributed by atoms with Gasteiger partial charge in [-0.05, 0) is 42.9 Å². The van der Waals surface area contributed by atoms with Crippen LogP contribution >= 0.6 is 11.3 Å². The van der Waals surface area contributed by atoms with Crippen LogP contribution < -0.4 is 10.2 Å². The zero-order valence-electron chi connectivity index (χ0n) is 17.6. The molecule has 1 aliphatic heterocycles. The van der Waals surface area contributed by atoms with Crippen LogP contribution in [0.3, 0.4) is 0 Å². The Bertz CT molecular complexity index is 1000. The molecule has 1 aliphatic carbocycles. The van der Waals surface area contributed by atoms with Gasteiger partial charge in [-0.25, -0.2) is 9.97 Å². The van der Waals surface area contributed by atoms with E-state index < -0.39 is 0 Å². The van der Waals surface area contributed by atoms with Crippen molar-refractivity contribution < 1.29 is 9.64 Å². The Labute approximate surface area is 181 Å². The largest absolute Gasteiger partial charge is 0.370 e. The van der Waals surface area contributed by atoms with Crippen molar-refractivity contribution >= 4 is 27.4 Å². The number of quaternary nitrogens is 1. The number of hydrogen-bond acceptors (Lipinski definition) is 6. The summed E-state index contributed by atoms with van der Waals surface area (Å²) in [5.41, 5.74) is 2.45. The molecule has 1 saturated heterocycles. The second kappa shape index (κ2) is 8.96. The van der Waals surface area contributed by atoms with Crippen molar-refractivity contribution in [3.8, 4) is 11.4 Å². The van der Waals surface area contributed by atoms with Crippen molar-refractivity contribution in [1.29, 1.82) is 0 Å². The summed E-state index contributed by atoms with van der Waals surface area (Å²) in [6.07, 6.45) is 8.33. The summed E-state index contributed by atoms with van der Waals surface area (Å²) in [5, 5.41) is 4.93. The summed E-state index contributed by atoms with van der Waals surface area (Å²) in [5.74, 6) is 2.52. The number of ether oxygens (including phenoxy) is 1. The lowest BCUT2D eigenvalue weighted by atomic mass is 9.89. The van der Waals surface area contributed by atoms with E-state index in [1.165, 1.54) is 35.2 Å². The summed E-state index contributed by atoms with van der Waals surface area (Å²) in [4.78, 5) is 18.4. The van der Waals surface area contributed by atoms with Crippen molar-refractivity contribution in [1.82, 2.24) is 15.0 Å². The molecule has 0 radical (unpaired) electrons. The van der Waals surface area contributed by atoms with Crippen molar-refractivity contribution in [3.63, 3.8) is 0 Å². The van der Waals surface area contributed by atoms with Gasteiger partial charge >= 0.3 is 0 Å². The lowest BCUT2D eigenvalue weighted by Crippen LogP contribution is -3.14. The van der Waals surface area contributed by atoms with E-state index in [1.807, 2.05) is 29.7 Å². The van der Waals surface area contributed by atoms with Gasteiger partial charge in [0.2, 0.25) is 0 Å². The number of morpholine rings is 1. The number of rotatable bonds is 6. The number of aryl methyl sites for hydroxylation is 1. The van der Waals surface area contributed by atoms with E-state index in [1.54, 1.807) is 11.1 Å². The van der Waals surface area contributed by atoms with Gasteiger partial charge in [-0.1, -0.05) is 6.92 Å². The van der Waals surface area contributed by atoms with Gasteiger partial charge < -0.3 is 15.0 Å². The van der Waals surface area contributed by atoms with Crippen LogP contribution in [0.1, 0.15) is 30.2 Å². The topological polar surface area (TPSA) is 64.4 Å². The molecular weight excluding hydrogens is 394 g/mol. The first-order valence-electron chi connectivity index (χ1n) is 11.2. The molecule has 5 rings (SSSR count). The van der Waals surface area contributed by atoms with Gasteiger partial charge in [-0.15, -0.1) is 11.3 Å². The molecule has 0 amide bonds. The second-order valence-electron chi connectivity index (χ2n) is 8.56. The number of nitrogens with one attached hydrogen (secondary N) is 2. The minimum atomic E-state index is 0.754. The zero-order chi connectivity index (χ0) is 20.3. The molecule has 3 aromatic rings. The number of thiophene rings is 1. The first-order chi connectivity index (χ1) is 14.8. The molecule has 0 bridgehead atoms. The molecule has 6 nitrogen and oxygen atoms in total. The van der Waals surface area contributed by atoms with Crippen LogP contribution in [0.5, 0.6) is 0 Å². The number of nitrogens with zero attached hydrogens (tertiary/aromatic N) is 3. The highest BCUT2D eigenvalue weighted by Crippen LogP contribution is 2.40. The molecule has 4 heterocycles. The van der Waals surface area contributed by atoms with Gasteiger partial charge in [0.15, 0.2) is 5.82 Å². The Morgan fingerprint density at radius 2 is 2.17 bits per heavy atom. The Morgan fingerprint density at radius 1 is 1.27 bits per heavy atom. The molecule has 3 aromatic heterocycles. The van der Waals surface area contributed by atoms with Gasteiger partial charge in [0, 0.05) is 35.8 Å². The van der Waals surface area contributed by atoms with Crippen LogP contribution in [0.4, 0.5) is 5.82 Å². The minimum absolute atomic E-state index is 0.754. The Balaban J connectivity index is 1.42. The predicted octanol–water partition coefficient (Wildman–Crippen LogP) is 2.60. The van der Waals surface area contributed by atoms with Crippen LogP contribution in [0.15, 0.2) is 24.5 Å². The van der Waals surface area contributed by atoms with Crippen LogP contribution in [0.25, 0.3) is 21.6 Å². The quantitative estimate of drug-likeness (QED) is 0.596. The van der Waals surface area contributed by atoms with E-state index in [2.05, 4.69) is 17.2 Å². The summed E-state index contributed by atoms with van der Waals surface area (Å²) in [6.45, 7) is 8.50. The van der Waals surface area contributed by atoms with Gasteiger partial charge in [-0.2, -0.15) is 0 Å². The standard InChI is InChI=1S/C23H29N5OS/c1-16-5-6-18-19(14-16)30-23-20(18)22(25-8-3-9-28-10-12-29-13-11-28)26-21(27-23)17-4-2-7-24-15-17/h2,4,7,15-16H,3,5-6,8-14H2,1H3,(H,25,26,27)/p+1/t16-/m1/s1. The van der Waals surface area contributed by atoms with Crippen LogP contribution in [-0.4, -0.2) is 54.3 Å². The van der Waals surface area contributed by atoms with Crippen LogP contribution in [-0.2, 0) is 17.6 Å². The fourth-order valence-electron chi connectivity index (χ4n) is 4.55. The average Bonchev–Trinajstić information content (AvgIpc) is 3.15. The van der Waals surface area contributed by atoms with Gasteiger partial charge in [0.05, 0.1) is 25.1 Å². The molecule has 1 fully saturated rings. The van der Waals surface area contributed by atoms with Crippen LogP contribution in [0.2, 0.25) is 0 Å². The van der Waals surface area contributed by atoms with Gasteiger partial charge in [0.25, 0.3) is 0 Å². The molecule has 2 N–H and O–H groups in total. The zero-order valence-corrected chi connectivity index (χ0v) is 18.4. The van der Waals surface area contributed by atoms with Gasteiger partial charge in [0.1, 0.15) is 23.7 Å². The van der Waals surface area contributed by atoms with Gasteiger partial charge in [-0.3, -0.25) is 4.98 Å². The maximum absolute atomic E-state index is 5.47. The summed E-state index contributed by atoms with van der Waals surface area (Å²) in [7, 11) is 0. The first kappa shape index (κ1) is 19.8. The highest BCUT2D eigenvalue weighted by Gasteiger charge is 2.24. The molecule has 0 spiro atoms. The smallest absolute Gasteiger partial charge is 0.164 e. The molecule has 30 heavy (non-hydrogen) atoms. The van der Waals surface area contributed by atoms with E-state index in [0.29, 0.717) is 0 Å². The Hall–Kier alpha value is -2.09. The number of pyridine rings is 1. The second-order valence-corrected chi connectivity index (χ2v) is 9.65. The third kappa shape index (κ3) is 4.19. The monoisotopic (exact) mass is 424 g/mol. The third-order valence-electron chi connectivity index (χ3n) is 6.27. The Morgan fingerprint density at radius 3 is 3.00 bits per heavy atom. The fourth-order valence-corrected chi connectivity index (χ4v) is 5.93. The maximum Gasteiger partial charge on any atom is 0.164 e. The summed E-state index contributed by atoms with van der Waals surface area (Å²) in [6, 6.07) is 3.98. The number of hydrogen-bond donors (Lipinski definition) is 2. The highest BCUT2D eigenvalue weighted by atomic mass is 32.1. The predicted molar refractivity (Wildman–Crippen MR) is 121 cm³/mol. The molecule has 158 valence electrons. The van der Waals surface area contributed by atoms with Crippen molar-refractivity contribution in [2.24, 2.45) is 5.92 Å². The summed E-state index contributed by atoms with van der Waals surface area (Å²) < 4.78 is 5.47. The molecule has 0 unspecified atom stereocenters. The maximum atomic E-state index is 5.47. The Kier molecular flexibility index (Phi) is 5.93. The number of anilines is 1. The molecular formula is C23H30N5OS+. The van der Waals surface area contributed by atoms with E-state index in [-0.39, 0.29) is 0 Å². The molecule has 1 atom stereocenters. The SMILES string of the molecule is C[C@@H]1CCc2c(sc3nc(-c4cccnc4)nc(NCCC[NH+]4CCOCC4)c23)C1. The third-order valence-corrected chi connectivity index (χ3v) is 7.42. The molecule has 0 aromatic carbocycles. The fraction of sp³-hybridized carbons (Fsp3) is 0.522. The van der Waals surface area contributed by atoms with E-state index >= 15 is 0 Å². The molecule has 7 heteroatoms. The van der Waals surface area contributed by atoms with Crippen molar-refractivity contribution in [2.45, 2.75) is 32.6 Å². The summed E-state index contributed by atoms with van der Waals surface area (Å²) >= 11 is 1.86. The number of fused-ring (bicyclic) bond motifs is 3. The van der Waals surface area contributed by atoms with E-state index in [9.17, 15) is 0 Å². The van der Waals surface area contributed by atoms with E-state index in [0.717, 1.165) is 73.6 Å². The lowest BCUT2D eigenvalue weighted by molar-refractivity contribution is -0.908. The highest BCUT2D eigenvalue weighted by molar-refractivity contribution is 7.19. The molecule has 0 saturated carbocycles. The van der Waals surface area contributed by atoms with Crippen molar-refractivity contribution in [2.75, 3.05) is 44.7 Å². The normalized spacial score (nSPS) is 19.7.